The van der Waals surface area contributed by atoms with Gasteiger partial charge in [-0.2, -0.15) is 0 Å². The van der Waals surface area contributed by atoms with E-state index in [0.29, 0.717) is 13.0 Å². The lowest BCUT2D eigenvalue weighted by Crippen LogP contribution is -2.29. The van der Waals surface area contributed by atoms with Crippen LogP contribution in [-0.4, -0.2) is 42.1 Å². The Balaban J connectivity index is 1.95. The van der Waals surface area contributed by atoms with Crippen molar-refractivity contribution in [3.05, 3.63) is 29.8 Å². The number of nitrogens with zero attached hydrogens (tertiary/aromatic N) is 2. The Hall–Kier alpha value is -2.04. The van der Waals surface area contributed by atoms with E-state index in [4.69, 9.17) is 5.11 Å². The summed E-state index contributed by atoms with van der Waals surface area (Å²) in [6, 6.07) is 7.80. The molecule has 1 aliphatic rings. The Bertz CT molecular complexity index is 470. The number of benzene rings is 1. The summed E-state index contributed by atoms with van der Waals surface area (Å²) in [5.74, 6) is -0.762. The molecule has 2 amide bonds. The van der Waals surface area contributed by atoms with Crippen LogP contribution in [-0.2, 0) is 11.2 Å². The Morgan fingerprint density at radius 3 is 2.47 bits per heavy atom. The molecule has 102 valence electrons. The molecule has 0 spiro atoms. The van der Waals surface area contributed by atoms with Crippen molar-refractivity contribution in [2.75, 3.05) is 25.0 Å². The molecule has 0 radical (unpaired) electrons. The highest BCUT2D eigenvalue weighted by Gasteiger charge is 2.26. The average molecular weight is 262 g/mol. The molecule has 0 unspecified atom stereocenters. The highest BCUT2D eigenvalue weighted by Crippen LogP contribution is 2.20. The second-order valence-electron chi connectivity index (χ2n) is 4.77. The second kappa shape index (κ2) is 5.73. The molecule has 1 aromatic rings. The van der Waals surface area contributed by atoms with Crippen LogP contribution in [0.4, 0.5) is 10.5 Å². The van der Waals surface area contributed by atoms with Gasteiger partial charge in [0.2, 0.25) is 0 Å². The molecule has 0 bridgehead atoms. The second-order valence-corrected chi connectivity index (χ2v) is 4.77. The number of carbonyl (C=O) groups excluding carboxylic acids is 1. The van der Waals surface area contributed by atoms with Crippen molar-refractivity contribution in [3.8, 4) is 0 Å². The van der Waals surface area contributed by atoms with Gasteiger partial charge in [-0.3, -0.25) is 9.69 Å². The molecular formula is C14H18N2O3. The minimum Gasteiger partial charge on any atom is -0.481 e. The normalized spacial score (nSPS) is 15.1. The van der Waals surface area contributed by atoms with Crippen LogP contribution in [0.1, 0.15) is 18.4 Å². The van der Waals surface area contributed by atoms with Crippen LogP contribution < -0.4 is 4.90 Å². The molecule has 0 aliphatic carbocycles. The van der Waals surface area contributed by atoms with E-state index in [1.807, 2.05) is 24.3 Å². The fraction of sp³-hybridized carbons (Fsp3) is 0.429. The Morgan fingerprint density at radius 2 is 1.95 bits per heavy atom. The van der Waals surface area contributed by atoms with Crippen LogP contribution in [0, 0.1) is 0 Å². The Kier molecular flexibility index (Phi) is 4.04. The maximum atomic E-state index is 11.8. The molecule has 0 aromatic heterocycles. The third-order valence-corrected chi connectivity index (χ3v) is 3.32. The summed E-state index contributed by atoms with van der Waals surface area (Å²) < 4.78 is 0. The first kappa shape index (κ1) is 13.4. The van der Waals surface area contributed by atoms with Crippen LogP contribution in [0.25, 0.3) is 0 Å². The van der Waals surface area contributed by atoms with Crippen molar-refractivity contribution >= 4 is 17.7 Å². The van der Waals surface area contributed by atoms with Crippen LogP contribution in [0.5, 0.6) is 0 Å². The van der Waals surface area contributed by atoms with Gasteiger partial charge in [0.15, 0.2) is 0 Å². The molecule has 1 aliphatic heterocycles. The van der Waals surface area contributed by atoms with Gasteiger partial charge in [-0.25, -0.2) is 4.79 Å². The zero-order chi connectivity index (χ0) is 13.8. The van der Waals surface area contributed by atoms with Crippen molar-refractivity contribution in [1.82, 2.24) is 4.90 Å². The maximum Gasteiger partial charge on any atom is 0.324 e. The summed E-state index contributed by atoms with van der Waals surface area (Å²) in [7, 11) is 1.79. The Labute approximate surface area is 112 Å². The molecule has 5 heteroatoms. The number of hydrogen-bond acceptors (Lipinski definition) is 2. The largest absolute Gasteiger partial charge is 0.481 e. The van der Waals surface area contributed by atoms with Gasteiger partial charge in [-0.1, -0.05) is 12.1 Å². The van der Waals surface area contributed by atoms with E-state index in [1.165, 1.54) is 0 Å². The van der Waals surface area contributed by atoms with Gasteiger partial charge in [0.05, 0.1) is 0 Å². The summed E-state index contributed by atoms with van der Waals surface area (Å²) in [4.78, 5) is 25.7. The number of carboxylic acid groups (broad SMARTS) is 1. The lowest BCUT2D eigenvalue weighted by Gasteiger charge is -2.16. The van der Waals surface area contributed by atoms with Gasteiger partial charge >= 0.3 is 12.0 Å². The lowest BCUT2D eigenvalue weighted by molar-refractivity contribution is -0.137. The van der Waals surface area contributed by atoms with Crippen LogP contribution in [0.3, 0.4) is 0 Å². The van der Waals surface area contributed by atoms with Gasteiger partial charge in [-0.05, 0) is 30.5 Å². The summed E-state index contributed by atoms with van der Waals surface area (Å²) in [6.07, 6.45) is 1.58. The number of urea groups is 1. The minimum atomic E-state index is -0.762. The average Bonchev–Trinajstić information content (AvgIpc) is 2.71. The molecule has 0 atom stereocenters. The van der Waals surface area contributed by atoms with Crippen molar-refractivity contribution in [2.45, 2.75) is 19.3 Å². The molecule has 1 saturated heterocycles. The molecular weight excluding hydrogens is 244 g/mol. The SMILES string of the molecule is CN1CCN(c2ccc(CCCC(=O)O)cc2)C1=O. The topological polar surface area (TPSA) is 60.9 Å². The fourth-order valence-corrected chi connectivity index (χ4v) is 2.17. The van der Waals surface area contributed by atoms with Gasteiger partial charge in [-0.15, -0.1) is 0 Å². The zero-order valence-electron chi connectivity index (χ0n) is 11.0. The third-order valence-electron chi connectivity index (χ3n) is 3.32. The number of aliphatic carboxylic acids is 1. The van der Waals surface area contributed by atoms with Crippen molar-refractivity contribution in [3.63, 3.8) is 0 Å². The standard InChI is InChI=1S/C14H18N2O3/c1-15-9-10-16(14(15)19)12-7-5-11(6-8-12)3-2-4-13(17)18/h5-8H,2-4,9-10H2,1H3,(H,17,18). The zero-order valence-corrected chi connectivity index (χ0v) is 11.0. The maximum absolute atomic E-state index is 11.8. The number of anilines is 1. The first-order valence-corrected chi connectivity index (χ1v) is 6.41. The number of carboxylic acids is 1. The first-order valence-electron chi connectivity index (χ1n) is 6.41. The van der Waals surface area contributed by atoms with Crippen LogP contribution in [0.15, 0.2) is 24.3 Å². The van der Waals surface area contributed by atoms with Gasteiger partial charge in [0.1, 0.15) is 0 Å². The molecule has 1 aromatic carbocycles. The van der Waals surface area contributed by atoms with Crippen molar-refractivity contribution in [1.29, 1.82) is 0 Å². The Morgan fingerprint density at radius 1 is 1.26 bits per heavy atom. The highest BCUT2D eigenvalue weighted by atomic mass is 16.4. The summed E-state index contributed by atoms with van der Waals surface area (Å²) in [5, 5.41) is 8.58. The monoisotopic (exact) mass is 262 g/mol. The fourth-order valence-electron chi connectivity index (χ4n) is 2.17. The smallest absolute Gasteiger partial charge is 0.324 e. The number of amides is 2. The van der Waals surface area contributed by atoms with Gasteiger partial charge in [0, 0.05) is 32.2 Å². The van der Waals surface area contributed by atoms with E-state index in [2.05, 4.69) is 0 Å². The highest BCUT2D eigenvalue weighted by molar-refractivity contribution is 5.93. The molecule has 0 saturated carbocycles. The molecule has 1 heterocycles. The van der Waals surface area contributed by atoms with E-state index < -0.39 is 5.97 Å². The van der Waals surface area contributed by atoms with E-state index in [1.54, 1.807) is 16.8 Å². The van der Waals surface area contributed by atoms with Gasteiger partial charge < -0.3 is 10.0 Å². The lowest BCUT2D eigenvalue weighted by atomic mass is 10.1. The number of carbonyl (C=O) groups is 2. The van der Waals surface area contributed by atoms with Gasteiger partial charge in [0.25, 0.3) is 0 Å². The summed E-state index contributed by atoms with van der Waals surface area (Å²) in [5.41, 5.74) is 2.00. The molecule has 1 N–H and O–H groups in total. The molecule has 2 rings (SSSR count). The summed E-state index contributed by atoms with van der Waals surface area (Å²) in [6.45, 7) is 1.47. The summed E-state index contributed by atoms with van der Waals surface area (Å²) >= 11 is 0. The quantitative estimate of drug-likeness (QED) is 0.882. The van der Waals surface area contributed by atoms with Crippen LogP contribution >= 0.6 is 0 Å². The molecule has 19 heavy (non-hydrogen) atoms. The molecule has 5 nitrogen and oxygen atoms in total. The minimum absolute atomic E-state index is 0.0265. The predicted octanol–water partition coefficient (Wildman–Crippen LogP) is 1.97. The van der Waals surface area contributed by atoms with E-state index >= 15 is 0 Å². The number of rotatable bonds is 5. The van der Waals surface area contributed by atoms with E-state index in [0.717, 1.165) is 24.2 Å². The van der Waals surface area contributed by atoms with E-state index in [-0.39, 0.29) is 12.5 Å². The number of aryl methyl sites for hydroxylation is 1. The third kappa shape index (κ3) is 3.24. The first-order chi connectivity index (χ1) is 9.08. The number of likely N-dealkylation sites (N-methyl/N-ethyl adjacent to an activating group) is 1. The van der Waals surface area contributed by atoms with E-state index in [9.17, 15) is 9.59 Å². The number of hydrogen-bond donors (Lipinski definition) is 1. The predicted molar refractivity (Wildman–Crippen MR) is 72.4 cm³/mol. The van der Waals surface area contributed by atoms with Crippen LogP contribution in [0.2, 0.25) is 0 Å². The van der Waals surface area contributed by atoms with Crippen molar-refractivity contribution < 1.29 is 14.7 Å². The van der Waals surface area contributed by atoms with Crippen molar-refractivity contribution in [2.24, 2.45) is 0 Å². The molecule has 1 fully saturated rings.